The first kappa shape index (κ1) is 15.8. The highest BCUT2D eigenvalue weighted by Gasteiger charge is 2.26. The molecular weight excluding hydrogens is 288 g/mol. The van der Waals surface area contributed by atoms with Crippen LogP contribution in [0.25, 0.3) is 0 Å². The Balaban J connectivity index is 0.000000217. The summed E-state index contributed by atoms with van der Waals surface area (Å²) < 4.78 is 29.6. The Hall–Kier alpha value is -2.28. The summed E-state index contributed by atoms with van der Waals surface area (Å²) in [5.74, 6) is -1.01. The van der Waals surface area contributed by atoms with E-state index in [2.05, 4.69) is 0 Å². The summed E-state index contributed by atoms with van der Waals surface area (Å²) in [4.78, 5) is 20.3. The van der Waals surface area contributed by atoms with Crippen molar-refractivity contribution >= 4 is 21.9 Å². The van der Waals surface area contributed by atoms with Crippen LogP contribution in [0.2, 0.25) is 0 Å². The van der Waals surface area contributed by atoms with Crippen LogP contribution in [0.5, 0.6) is 0 Å². The summed E-state index contributed by atoms with van der Waals surface area (Å²) in [7, 11) is -4.14. The molecule has 0 unspecified atom stereocenters. The van der Waals surface area contributed by atoms with Gasteiger partial charge in [-0.05, 0) is 24.3 Å². The number of amides is 2. The normalized spacial score (nSPS) is 14.6. The van der Waals surface area contributed by atoms with Gasteiger partial charge < -0.3 is 0 Å². The molecule has 0 atom stereocenters. The van der Waals surface area contributed by atoms with E-state index >= 15 is 0 Å². The van der Waals surface area contributed by atoms with Crippen molar-refractivity contribution < 1.29 is 27.8 Å². The van der Waals surface area contributed by atoms with Gasteiger partial charge in [-0.1, -0.05) is 0 Å². The summed E-state index contributed by atoms with van der Waals surface area (Å²) in [6.07, 6.45) is 0.296. The van der Waals surface area contributed by atoms with Gasteiger partial charge in [-0.3, -0.25) is 19.3 Å². The van der Waals surface area contributed by atoms with E-state index in [1.165, 1.54) is 24.3 Å². The first-order chi connectivity index (χ1) is 9.25. The predicted molar refractivity (Wildman–Crippen MR) is 63.8 cm³/mol. The molecule has 1 saturated heterocycles. The molecule has 2 N–H and O–H groups in total. The Kier molecular flexibility index (Phi) is 4.93. The highest BCUT2D eigenvalue weighted by Crippen LogP contribution is 2.09. The van der Waals surface area contributed by atoms with Crippen molar-refractivity contribution in [3.8, 4) is 6.07 Å². The number of carbonyl (C=O) groups excluding carboxylic acids is 2. The van der Waals surface area contributed by atoms with E-state index in [1.54, 1.807) is 0 Å². The lowest BCUT2D eigenvalue weighted by molar-refractivity contribution is -0.171. The van der Waals surface area contributed by atoms with E-state index in [-0.39, 0.29) is 22.8 Å². The number of imide groups is 1. The molecule has 1 aliphatic rings. The van der Waals surface area contributed by atoms with Crippen molar-refractivity contribution in [2.24, 2.45) is 0 Å². The van der Waals surface area contributed by atoms with Gasteiger partial charge in [0.05, 0.1) is 16.5 Å². The van der Waals surface area contributed by atoms with Crippen LogP contribution < -0.4 is 0 Å². The standard InChI is InChI=1S/C7H5NO3S.C4H5NO3/c8-5-6-1-3-7(4-2-6)12(9,10)11;6-3-1-2-4(7)5(3)8/h1-4H,(H,9,10,11);8H,1-2H2. The molecule has 1 aromatic rings. The Morgan fingerprint density at radius 2 is 1.55 bits per heavy atom. The van der Waals surface area contributed by atoms with Crippen LogP contribution in [0.15, 0.2) is 29.2 Å². The minimum absolute atomic E-state index is 0.148. The molecule has 0 radical (unpaired) electrons. The summed E-state index contributed by atoms with van der Waals surface area (Å²) >= 11 is 0. The highest BCUT2D eigenvalue weighted by atomic mass is 32.2. The van der Waals surface area contributed by atoms with E-state index in [0.29, 0.717) is 5.56 Å². The van der Waals surface area contributed by atoms with Crippen LogP contribution in [0.4, 0.5) is 0 Å². The van der Waals surface area contributed by atoms with Crippen LogP contribution >= 0.6 is 0 Å². The first-order valence-electron chi connectivity index (χ1n) is 5.28. The third kappa shape index (κ3) is 4.13. The fourth-order valence-corrected chi connectivity index (χ4v) is 1.75. The maximum absolute atomic E-state index is 10.5. The number of nitriles is 1. The summed E-state index contributed by atoms with van der Waals surface area (Å²) in [5, 5.41) is 16.9. The first-order valence-corrected chi connectivity index (χ1v) is 6.72. The Morgan fingerprint density at radius 1 is 1.10 bits per heavy atom. The zero-order chi connectivity index (χ0) is 15.3. The Morgan fingerprint density at radius 3 is 1.80 bits per heavy atom. The number of hydrogen-bond acceptors (Lipinski definition) is 6. The summed E-state index contributed by atoms with van der Waals surface area (Å²) in [6, 6.07) is 6.82. The average Bonchev–Trinajstić information content (AvgIpc) is 2.70. The van der Waals surface area contributed by atoms with Crippen molar-refractivity contribution in [1.82, 2.24) is 5.06 Å². The van der Waals surface area contributed by atoms with Crippen molar-refractivity contribution in [1.29, 1.82) is 5.26 Å². The smallest absolute Gasteiger partial charge is 0.282 e. The third-order valence-corrected chi connectivity index (χ3v) is 3.17. The molecule has 2 rings (SSSR count). The summed E-state index contributed by atoms with van der Waals surface area (Å²) in [6.45, 7) is 0. The largest absolute Gasteiger partial charge is 0.294 e. The van der Waals surface area contributed by atoms with E-state index in [1.807, 2.05) is 6.07 Å². The molecule has 0 aromatic heterocycles. The number of hydrogen-bond donors (Lipinski definition) is 2. The minimum atomic E-state index is -4.14. The molecule has 106 valence electrons. The molecule has 1 aliphatic heterocycles. The van der Waals surface area contributed by atoms with Gasteiger partial charge in [-0.15, -0.1) is 0 Å². The average molecular weight is 298 g/mol. The maximum Gasteiger partial charge on any atom is 0.294 e. The van der Waals surface area contributed by atoms with Crippen LogP contribution in [0, 0.1) is 11.3 Å². The van der Waals surface area contributed by atoms with Crippen LogP contribution in [-0.4, -0.2) is 35.1 Å². The minimum Gasteiger partial charge on any atom is -0.282 e. The van der Waals surface area contributed by atoms with Crippen molar-refractivity contribution in [3.05, 3.63) is 29.8 Å². The van der Waals surface area contributed by atoms with E-state index < -0.39 is 21.9 Å². The highest BCUT2D eigenvalue weighted by molar-refractivity contribution is 7.85. The Bertz CT molecular complexity index is 643. The second-order valence-electron chi connectivity index (χ2n) is 3.71. The predicted octanol–water partition coefficient (Wildman–Crippen LogP) is 0.330. The second kappa shape index (κ2) is 6.25. The molecule has 0 saturated carbocycles. The van der Waals surface area contributed by atoms with Gasteiger partial charge in [-0.25, -0.2) is 0 Å². The van der Waals surface area contributed by atoms with Crippen molar-refractivity contribution in [2.45, 2.75) is 17.7 Å². The lowest BCUT2D eigenvalue weighted by Crippen LogP contribution is -2.24. The van der Waals surface area contributed by atoms with Gasteiger partial charge in [0, 0.05) is 12.8 Å². The molecule has 1 aromatic carbocycles. The molecule has 9 heteroatoms. The zero-order valence-electron chi connectivity index (χ0n) is 10.1. The Labute approximate surface area is 114 Å². The number of hydroxylamine groups is 2. The molecular formula is C11H10N2O6S. The molecule has 20 heavy (non-hydrogen) atoms. The number of carbonyl (C=O) groups is 2. The topological polar surface area (TPSA) is 136 Å². The summed E-state index contributed by atoms with van der Waals surface area (Å²) in [5.41, 5.74) is 0.349. The van der Waals surface area contributed by atoms with Crippen LogP contribution in [-0.2, 0) is 19.7 Å². The molecule has 0 bridgehead atoms. The van der Waals surface area contributed by atoms with E-state index in [9.17, 15) is 18.0 Å². The number of benzene rings is 1. The van der Waals surface area contributed by atoms with Crippen LogP contribution in [0.3, 0.4) is 0 Å². The van der Waals surface area contributed by atoms with Crippen LogP contribution in [0.1, 0.15) is 18.4 Å². The van der Waals surface area contributed by atoms with E-state index in [4.69, 9.17) is 15.0 Å². The van der Waals surface area contributed by atoms with Crippen molar-refractivity contribution in [2.75, 3.05) is 0 Å². The SMILES string of the molecule is N#Cc1ccc(S(=O)(=O)O)cc1.O=C1CCC(=O)N1O. The van der Waals surface area contributed by atoms with Gasteiger partial charge in [-0.2, -0.15) is 18.7 Å². The van der Waals surface area contributed by atoms with E-state index in [0.717, 1.165) is 0 Å². The quantitative estimate of drug-likeness (QED) is 0.433. The molecule has 1 fully saturated rings. The monoisotopic (exact) mass is 298 g/mol. The van der Waals surface area contributed by atoms with Crippen molar-refractivity contribution in [3.63, 3.8) is 0 Å². The van der Waals surface area contributed by atoms with Gasteiger partial charge in [0.15, 0.2) is 0 Å². The fraction of sp³-hybridized carbons (Fsp3) is 0.182. The van der Waals surface area contributed by atoms with Gasteiger partial charge in [0.2, 0.25) is 0 Å². The number of rotatable bonds is 1. The fourth-order valence-electron chi connectivity index (χ4n) is 1.27. The second-order valence-corrected chi connectivity index (χ2v) is 5.13. The molecule has 2 amide bonds. The lowest BCUT2D eigenvalue weighted by Gasteiger charge is -1.98. The molecule has 0 spiro atoms. The third-order valence-electron chi connectivity index (χ3n) is 2.31. The van der Waals surface area contributed by atoms with Gasteiger partial charge >= 0.3 is 0 Å². The number of nitrogens with zero attached hydrogens (tertiary/aromatic N) is 2. The van der Waals surface area contributed by atoms with Gasteiger partial charge in [0.25, 0.3) is 21.9 Å². The zero-order valence-corrected chi connectivity index (χ0v) is 10.9. The maximum atomic E-state index is 10.5. The van der Waals surface area contributed by atoms with Gasteiger partial charge in [0.1, 0.15) is 0 Å². The molecule has 0 aliphatic carbocycles. The molecule has 1 heterocycles. The molecule has 8 nitrogen and oxygen atoms in total. The lowest BCUT2D eigenvalue weighted by atomic mass is 10.2.